The van der Waals surface area contributed by atoms with Crippen LogP contribution >= 0.6 is 0 Å². The molecule has 0 spiro atoms. The van der Waals surface area contributed by atoms with Crippen molar-refractivity contribution in [2.24, 2.45) is 0 Å². The first-order valence-electron chi connectivity index (χ1n) is 38.4. The van der Waals surface area contributed by atoms with E-state index in [9.17, 15) is 0 Å². The third-order valence-electron chi connectivity index (χ3n) is 23.7. The summed E-state index contributed by atoms with van der Waals surface area (Å²) in [6, 6.07) is 64.1. The number of aryl methyl sites for hydroxylation is 2. The summed E-state index contributed by atoms with van der Waals surface area (Å²) in [4.78, 5) is 2.64. The molecule has 3 nitrogen and oxygen atoms in total. The lowest BCUT2D eigenvalue weighted by Crippen LogP contribution is -2.27. The summed E-state index contributed by atoms with van der Waals surface area (Å²) in [5, 5.41) is 4.99. The van der Waals surface area contributed by atoms with Gasteiger partial charge in [0.15, 0.2) is 0 Å². The van der Waals surface area contributed by atoms with E-state index in [1.807, 2.05) is 0 Å². The first kappa shape index (κ1) is 65.7. The molecule has 2 heterocycles. The van der Waals surface area contributed by atoms with Crippen molar-refractivity contribution in [2.45, 2.75) is 251 Å². The first-order chi connectivity index (χ1) is 47.1. The lowest BCUT2D eigenvalue weighted by molar-refractivity contribution is 0.394. The Morgan fingerprint density at radius 2 is 0.760 bits per heavy atom. The zero-order valence-corrected chi connectivity index (χ0v) is 59.7. The van der Waals surface area contributed by atoms with E-state index in [0.717, 1.165) is 35.2 Å². The number of rotatable bonds is 32. The molecule has 3 aliphatic carbocycles. The highest BCUT2D eigenvalue weighted by Gasteiger charge is 2.49. The topological polar surface area (TPSA) is 29.5 Å². The molecular weight excluding hydrogens is 1160 g/mol. The monoisotopic (exact) mass is 1270 g/mol. The number of furan rings is 2. The molecule has 0 saturated heterocycles. The molecule has 0 bridgehead atoms. The van der Waals surface area contributed by atoms with E-state index in [0.29, 0.717) is 0 Å². The Morgan fingerprint density at radius 3 is 1.35 bits per heavy atom. The molecule has 0 fully saturated rings. The molecule has 96 heavy (non-hydrogen) atoms. The van der Waals surface area contributed by atoms with Gasteiger partial charge in [0.1, 0.15) is 22.3 Å². The summed E-state index contributed by atoms with van der Waals surface area (Å²) in [7, 11) is 0. The second kappa shape index (κ2) is 28.5. The number of benzene rings is 9. The van der Waals surface area contributed by atoms with E-state index in [1.165, 1.54) is 272 Å². The third-order valence-corrected chi connectivity index (χ3v) is 23.7. The fourth-order valence-corrected chi connectivity index (χ4v) is 18.6. The van der Waals surface area contributed by atoms with Crippen molar-refractivity contribution in [3.8, 4) is 44.5 Å². The highest BCUT2D eigenvalue weighted by molar-refractivity contribution is 6.19. The van der Waals surface area contributed by atoms with Crippen LogP contribution in [0.25, 0.3) is 88.4 Å². The lowest BCUT2D eigenvalue weighted by Gasteiger charge is -2.35. The molecule has 14 rings (SSSR count). The van der Waals surface area contributed by atoms with E-state index < -0.39 is 0 Å². The van der Waals surface area contributed by atoms with Crippen LogP contribution < -0.4 is 4.90 Å². The molecule has 0 saturated carbocycles. The number of fused-ring (bicyclic) bond motifs is 17. The normalized spacial score (nSPS) is 14.4. The van der Waals surface area contributed by atoms with Gasteiger partial charge in [0.25, 0.3) is 0 Å². The largest absolute Gasteiger partial charge is 0.456 e. The van der Waals surface area contributed by atoms with Crippen LogP contribution in [0.5, 0.6) is 0 Å². The molecule has 0 N–H and O–H groups in total. The minimum Gasteiger partial charge on any atom is -0.456 e. The van der Waals surface area contributed by atoms with Crippen LogP contribution in [0.4, 0.5) is 17.1 Å². The van der Waals surface area contributed by atoms with Crippen molar-refractivity contribution >= 4 is 60.9 Å². The van der Waals surface area contributed by atoms with Crippen molar-refractivity contribution in [2.75, 3.05) is 4.90 Å². The maximum Gasteiger partial charge on any atom is 0.143 e. The second-order valence-corrected chi connectivity index (χ2v) is 30.3. The molecule has 0 atom stereocenters. The van der Waals surface area contributed by atoms with Gasteiger partial charge in [-0.3, -0.25) is 0 Å². The standard InChI is InChI=1S/C93H107NO2/c1-9-13-17-21-25-37-55-92(56-38-26-22-18-14-10-2)76-53-54-85-88(71-44-32-35-47-83(71)95-85)87(76)75-63-79-73(61-80(75)92)69-51-49-67(60-78(69)93(79,57-39-27-23-19-15-11-3)58-40-28-24-20-16-12-4)94(82-46-34-30-42-65(82)6)66-50-52-70-77(59-66)91(7,8)81-62-74(68-43-31-29-41-64(68)5)90-89(86(70)81)72-45-33-36-48-84(72)96-90/h29-36,41-54,59-63H,9-28,37-40,55-58H2,1-8H3. The van der Waals surface area contributed by atoms with E-state index in [-0.39, 0.29) is 16.2 Å². The molecule has 11 aromatic rings. The molecule has 0 radical (unpaired) electrons. The van der Waals surface area contributed by atoms with E-state index >= 15 is 0 Å². The average Bonchev–Trinajstić information content (AvgIpc) is 1.53. The zero-order chi connectivity index (χ0) is 66.0. The molecule has 9 aromatic carbocycles. The predicted molar refractivity (Wildman–Crippen MR) is 413 cm³/mol. The van der Waals surface area contributed by atoms with Crippen molar-refractivity contribution in [3.05, 3.63) is 208 Å². The van der Waals surface area contributed by atoms with Gasteiger partial charge in [-0.05, 0) is 190 Å². The fraction of sp³-hybridized carbons (Fsp3) is 0.419. The maximum absolute atomic E-state index is 6.99. The molecular formula is C93H107NO2. The number of hydrogen-bond acceptors (Lipinski definition) is 3. The first-order valence-corrected chi connectivity index (χ1v) is 38.4. The number of unbranched alkanes of at least 4 members (excludes halogenated alkanes) is 20. The van der Waals surface area contributed by atoms with Crippen LogP contribution in [-0.4, -0.2) is 0 Å². The molecule has 0 unspecified atom stereocenters. The quantitative estimate of drug-likeness (QED) is 0.0394. The molecule has 3 aliphatic rings. The zero-order valence-electron chi connectivity index (χ0n) is 59.7. The van der Waals surface area contributed by atoms with Crippen molar-refractivity contribution in [3.63, 3.8) is 0 Å². The minimum atomic E-state index is -0.308. The van der Waals surface area contributed by atoms with Gasteiger partial charge in [-0.25, -0.2) is 0 Å². The summed E-state index contributed by atoms with van der Waals surface area (Å²) in [5.74, 6) is 0. The molecule has 0 aliphatic heterocycles. The summed E-state index contributed by atoms with van der Waals surface area (Å²) < 4.78 is 13.9. The van der Waals surface area contributed by atoms with Crippen LogP contribution in [0.3, 0.4) is 0 Å². The smallest absolute Gasteiger partial charge is 0.143 e. The summed E-state index contributed by atoms with van der Waals surface area (Å²) >= 11 is 0. The lowest BCUT2D eigenvalue weighted by atomic mass is 9.68. The fourth-order valence-electron chi connectivity index (χ4n) is 18.6. The summed E-state index contributed by atoms with van der Waals surface area (Å²) in [5.41, 5.74) is 29.5. The number of hydrogen-bond donors (Lipinski definition) is 0. The van der Waals surface area contributed by atoms with Crippen LogP contribution in [-0.2, 0) is 16.2 Å². The summed E-state index contributed by atoms with van der Waals surface area (Å²) in [6.45, 7) is 18.9. The number of para-hydroxylation sites is 3. The van der Waals surface area contributed by atoms with Crippen molar-refractivity contribution in [1.29, 1.82) is 0 Å². The number of nitrogens with zero attached hydrogens (tertiary/aromatic N) is 1. The molecule has 496 valence electrons. The molecule has 2 aromatic heterocycles. The minimum absolute atomic E-state index is 0.0904. The van der Waals surface area contributed by atoms with Crippen LogP contribution in [0.15, 0.2) is 173 Å². The van der Waals surface area contributed by atoms with Gasteiger partial charge in [0, 0.05) is 60.4 Å². The predicted octanol–water partition coefficient (Wildman–Crippen LogP) is 29.1. The second-order valence-electron chi connectivity index (χ2n) is 30.3. The SMILES string of the molecule is CCCCCCCCC1(CCCCCCCC)c2cc(N(c3ccc4c(c3)C(C)(C)c3cc(-c5ccccc5C)c5oc6ccccc6c5c3-4)c3ccccc3C)ccc2-c2cc3c(cc21)-c1c(ccc2oc4ccccc4c12)C3(CCCCCCCC)CCCCCCCC. The Bertz CT molecular complexity index is 4540. The molecule has 0 amide bonds. The van der Waals surface area contributed by atoms with Crippen LogP contribution in [0, 0.1) is 13.8 Å². The Labute approximate surface area is 575 Å². The maximum atomic E-state index is 6.99. The van der Waals surface area contributed by atoms with E-state index in [1.54, 1.807) is 22.3 Å². The van der Waals surface area contributed by atoms with Crippen LogP contribution in [0.1, 0.15) is 266 Å². The van der Waals surface area contributed by atoms with Gasteiger partial charge in [-0.2, -0.15) is 0 Å². The van der Waals surface area contributed by atoms with Gasteiger partial charge in [0.2, 0.25) is 0 Å². The van der Waals surface area contributed by atoms with Crippen LogP contribution in [0.2, 0.25) is 0 Å². The Hall–Kier alpha value is -7.62. The van der Waals surface area contributed by atoms with E-state index in [4.69, 9.17) is 8.83 Å². The van der Waals surface area contributed by atoms with Gasteiger partial charge < -0.3 is 13.7 Å². The Balaban J connectivity index is 0.969. The highest BCUT2D eigenvalue weighted by atomic mass is 16.3. The average molecular weight is 1270 g/mol. The number of anilines is 3. The Morgan fingerprint density at radius 1 is 0.312 bits per heavy atom. The summed E-state index contributed by atoms with van der Waals surface area (Å²) in [6.07, 6.45) is 35.7. The van der Waals surface area contributed by atoms with Gasteiger partial charge in [0.05, 0.1) is 0 Å². The van der Waals surface area contributed by atoms with Crippen molar-refractivity contribution < 1.29 is 8.83 Å². The Kier molecular flexibility index (Phi) is 19.5. The van der Waals surface area contributed by atoms with Gasteiger partial charge >= 0.3 is 0 Å². The van der Waals surface area contributed by atoms with Crippen molar-refractivity contribution in [1.82, 2.24) is 0 Å². The highest BCUT2D eigenvalue weighted by Crippen LogP contribution is 2.64. The van der Waals surface area contributed by atoms with Gasteiger partial charge in [-0.15, -0.1) is 0 Å². The van der Waals surface area contributed by atoms with E-state index in [2.05, 4.69) is 224 Å². The third kappa shape index (κ3) is 11.8. The van der Waals surface area contributed by atoms with Gasteiger partial charge in [-0.1, -0.05) is 293 Å². The molecule has 3 heteroatoms.